The standard InChI is InChI=1S/C17H19N5O2/c23-16(13-8-19-15(20-9-13)11-3-4-11)22-7-1-2-12(10-22)14-5-6-18-17(24)21-14/h5-6,8-9,11-12H,1-4,7,10H2,(H,18,21,24)/t12-/m1/s1. The number of likely N-dealkylation sites (tertiary alicyclic amines) is 1. The molecule has 4 rings (SSSR count). The Hall–Kier alpha value is -2.57. The molecule has 7 nitrogen and oxygen atoms in total. The Kier molecular flexibility index (Phi) is 3.84. The molecule has 0 spiro atoms. The summed E-state index contributed by atoms with van der Waals surface area (Å²) < 4.78 is 0. The second-order valence-corrected chi connectivity index (χ2v) is 6.52. The molecule has 1 atom stereocenters. The third-order valence-corrected chi connectivity index (χ3v) is 4.71. The van der Waals surface area contributed by atoms with Gasteiger partial charge in [-0.2, -0.15) is 0 Å². The number of hydrogen-bond acceptors (Lipinski definition) is 5. The number of carbonyl (C=O) groups excluding carboxylic acids is 1. The van der Waals surface area contributed by atoms with Crippen LogP contribution in [0.25, 0.3) is 0 Å². The maximum atomic E-state index is 12.7. The second-order valence-electron chi connectivity index (χ2n) is 6.52. The highest BCUT2D eigenvalue weighted by atomic mass is 16.2. The molecule has 1 aliphatic carbocycles. The van der Waals surface area contributed by atoms with Crippen molar-refractivity contribution in [3.63, 3.8) is 0 Å². The highest BCUT2D eigenvalue weighted by Gasteiger charge is 2.28. The minimum atomic E-state index is -0.347. The van der Waals surface area contributed by atoms with Gasteiger partial charge in [-0.25, -0.2) is 19.7 Å². The molecule has 1 saturated heterocycles. The number of aromatic nitrogens is 4. The van der Waals surface area contributed by atoms with E-state index in [1.807, 2.05) is 11.0 Å². The fourth-order valence-corrected chi connectivity index (χ4v) is 3.22. The number of rotatable bonds is 3. The number of nitrogens with one attached hydrogen (secondary N) is 1. The van der Waals surface area contributed by atoms with Gasteiger partial charge < -0.3 is 9.88 Å². The molecule has 2 aromatic rings. The summed E-state index contributed by atoms with van der Waals surface area (Å²) in [7, 11) is 0. The number of H-pyrrole nitrogens is 1. The fraction of sp³-hybridized carbons (Fsp3) is 0.471. The normalized spacial score (nSPS) is 20.8. The van der Waals surface area contributed by atoms with E-state index in [1.165, 1.54) is 6.20 Å². The number of carbonyl (C=O) groups is 1. The molecule has 0 bridgehead atoms. The van der Waals surface area contributed by atoms with Crippen molar-refractivity contribution in [1.29, 1.82) is 0 Å². The van der Waals surface area contributed by atoms with E-state index in [-0.39, 0.29) is 17.5 Å². The first kappa shape index (κ1) is 15.0. The van der Waals surface area contributed by atoms with Crippen LogP contribution in [0.15, 0.2) is 29.5 Å². The summed E-state index contributed by atoms with van der Waals surface area (Å²) >= 11 is 0. The van der Waals surface area contributed by atoms with Gasteiger partial charge in [-0.15, -0.1) is 0 Å². The molecule has 2 aliphatic rings. The van der Waals surface area contributed by atoms with Crippen LogP contribution in [0.4, 0.5) is 0 Å². The van der Waals surface area contributed by atoms with Crippen LogP contribution in [0.2, 0.25) is 0 Å². The Balaban J connectivity index is 1.48. The summed E-state index contributed by atoms with van der Waals surface area (Å²) in [5, 5.41) is 0. The molecule has 1 saturated carbocycles. The first-order valence-electron chi connectivity index (χ1n) is 8.37. The lowest BCUT2D eigenvalue weighted by Crippen LogP contribution is -2.39. The molecule has 7 heteroatoms. The van der Waals surface area contributed by atoms with E-state index in [2.05, 4.69) is 19.9 Å². The zero-order valence-electron chi connectivity index (χ0n) is 13.3. The van der Waals surface area contributed by atoms with Crippen LogP contribution in [0.1, 0.15) is 59.4 Å². The summed E-state index contributed by atoms with van der Waals surface area (Å²) in [6.07, 6.45) is 8.93. The summed E-state index contributed by atoms with van der Waals surface area (Å²) in [5.41, 5.74) is 1.02. The van der Waals surface area contributed by atoms with Crippen molar-refractivity contribution in [2.24, 2.45) is 0 Å². The lowest BCUT2D eigenvalue weighted by molar-refractivity contribution is 0.0705. The molecular formula is C17H19N5O2. The SMILES string of the molecule is O=C(c1cnc(C2CC2)nc1)N1CCC[C@@H](c2ccnc(=O)[nH]2)C1. The smallest absolute Gasteiger partial charge is 0.338 e. The van der Waals surface area contributed by atoms with Gasteiger partial charge in [-0.05, 0) is 31.7 Å². The van der Waals surface area contributed by atoms with E-state index in [9.17, 15) is 9.59 Å². The van der Waals surface area contributed by atoms with E-state index in [1.54, 1.807) is 12.4 Å². The van der Waals surface area contributed by atoms with Gasteiger partial charge in [0, 0.05) is 49.2 Å². The van der Waals surface area contributed by atoms with Crippen LogP contribution >= 0.6 is 0 Å². The van der Waals surface area contributed by atoms with E-state index in [0.29, 0.717) is 18.0 Å². The maximum Gasteiger partial charge on any atom is 0.345 e. The first-order valence-corrected chi connectivity index (χ1v) is 8.37. The Morgan fingerprint density at radius 2 is 1.92 bits per heavy atom. The van der Waals surface area contributed by atoms with E-state index in [0.717, 1.165) is 43.7 Å². The van der Waals surface area contributed by atoms with E-state index < -0.39 is 0 Å². The van der Waals surface area contributed by atoms with Crippen molar-refractivity contribution < 1.29 is 4.79 Å². The highest BCUT2D eigenvalue weighted by molar-refractivity contribution is 5.93. The minimum Gasteiger partial charge on any atom is -0.338 e. The summed E-state index contributed by atoms with van der Waals surface area (Å²) in [4.78, 5) is 41.0. The van der Waals surface area contributed by atoms with Crippen molar-refractivity contribution in [3.05, 3.63) is 52.2 Å². The summed E-state index contributed by atoms with van der Waals surface area (Å²) in [6, 6.07) is 1.81. The molecule has 2 fully saturated rings. The quantitative estimate of drug-likeness (QED) is 0.922. The molecule has 1 N–H and O–H groups in total. The molecule has 3 heterocycles. The number of piperidine rings is 1. The molecule has 124 valence electrons. The molecule has 1 amide bonds. The fourth-order valence-electron chi connectivity index (χ4n) is 3.22. The predicted octanol–water partition coefficient (Wildman–Crippen LogP) is 1.46. The number of nitrogens with zero attached hydrogens (tertiary/aromatic N) is 4. The molecule has 0 aromatic carbocycles. The van der Waals surface area contributed by atoms with Crippen LogP contribution in [0, 0.1) is 0 Å². The third-order valence-electron chi connectivity index (χ3n) is 4.71. The molecule has 24 heavy (non-hydrogen) atoms. The predicted molar refractivity (Wildman–Crippen MR) is 86.7 cm³/mol. The number of hydrogen-bond donors (Lipinski definition) is 1. The van der Waals surface area contributed by atoms with Crippen LogP contribution in [0.5, 0.6) is 0 Å². The largest absolute Gasteiger partial charge is 0.345 e. The lowest BCUT2D eigenvalue weighted by Gasteiger charge is -2.32. The monoisotopic (exact) mass is 325 g/mol. The minimum absolute atomic E-state index is 0.0431. The molecular weight excluding hydrogens is 306 g/mol. The topological polar surface area (TPSA) is 91.8 Å². The van der Waals surface area contributed by atoms with Crippen LogP contribution in [0.3, 0.4) is 0 Å². The summed E-state index contributed by atoms with van der Waals surface area (Å²) in [5.74, 6) is 1.41. The van der Waals surface area contributed by atoms with Gasteiger partial charge in [0.15, 0.2) is 0 Å². The van der Waals surface area contributed by atoms with Gasteiger partial charge >= 0.3 is 5.69 Å². The van der Waals surface area contributed by atoms with Gasteiger partial charge in [0.1, 0.15) is 5.82 Å². The van der Waals surface area contributed by atoms with Crippen LogP contribution in [-0.2, 0) is 0 Å². The van der Waals surface area contributed by atoms with Crippen molar-refractivity contribution in [2.45, 2.75) is 37.5 Å². The molecule has 1 aliphatic heterocycles. The second kappa shape index (κ2) is 6.14. The molecule has 2 aromatic heterocycles. The Morgan fingerprint density at radius 1 is 1.12 bits per heavy atom. The maximum absolute atomic E-state index is 12.7. The van der Waals surface area contributed by atoms with Gasteiger partial charge in [0.05, 0.1) is 5.56 Å². The van der Waals surface area contributed by atoms with Gasteiger partial charge in [0.25, 0.3) is 5.91 Å². The third kappa shape index (κ3) is 3.06. The van der Waals surface area contributed by atoms with Gasteiger partial charge in [0.2, 0.25) is 0 Å². The zero-order chi connectivity index (χ0) is 16.5. The number of aromatic amines is 1. The van der Waals surface area contributed by atoms with Gasteiger partial charge in [-0.3, -0.25) is 4.79 Å². The Labute approximate surface area is 139 Å². The zero-order valence-corrected chi connectivity index (χ0v) is 13.3. The van der Waals surface area contributed by atoms with Crippen molar-refractivity contribution >= 4 is 5.91 Å². The average Bonchev–Trinajstić information content (AvgIpc) is 3.47. The van der Waals surface area contributed by atoms with Crippen molar-refractivity contribution in [3.8, 4) is 0 Å². The average molecular weight is 325 g/mol. The Morgan fingerprint density at radius 3 is 2.62 bits per heavy atom. The number of amides is 1. The van der Waals surface area contributed by atoms with Crippen LogP contribution < -0.4 is 5.69 Å². The Bertz CT molecular complexity index is 797. The van der Waals surface area contributed by atoms with Crippen molar-refractivity contribution in [2.75, 3.05) is 13.1 Å². The molecule has 0 unspecified atom stereocenters. The van der Waals surface area contributed by atoms with Crippen molar-refractivity contribution in [1.82, 2.24) is 24.8 Å². The van der Waals surface area contributed by atoms with E-state index in [4.69, 9.17) is 0 Å². The first-order chi connectivity index (χ1) is 11.7. The van der Waals surface area contributed by atoms with E-state index >= 15 is 0 Å². The van der Waals surface area contributed by atoms with Crippen LogP contribution in [-0.4, -0.2) is 43.8 Å². The molecule has 0 radical (unpaired) electrons. The lowest BCUT2D eigenvalue weighted by atomic mass is 9.94. The van der Waals surface area contributed by atoms with Gasteiger partial charge in [-0.1, -0.05) is 0 Å². The summed E-state index contributed by atoms with van der Waals surface area (Å²) in [6.45, 7) is 1.30. The highest BCUT2D eigenvalue weighted by Crippen LogP contribution is 2.37.